The van der Waals surface area contributed by atoms with Crippen molar-refractivity contribution >= 4 is 23.2 Å². The van der Waals surface area contributed by atoms with E-state index in [9.17, 15) is 9.59 Å². The molecule has 6 heteroatoms. The highest BCUT2D eigenvalue weighted by Crippen LogP contribution is 2.34. The molecule has 0 radical (unpaired) electrons. The molecule has 0 bridgehead atoms. The maximum Gasteiger partial charge on any atom is 0.278 e. The van der Waals surface area contributed by atoms with Crippen molar-refractivity contribution in [2.24, 2.45) is 11.1 Å². The Hall–Kier alpha value is -3.02. The Bertz CT molecular complexity index is 815. The summed E-state index contributed by atoms with van der Waals surface area (Å²) in [6, 6.07) is 10.8. The van der Waals surface area contributed by atoms with Crippen molar-refractivity contribution in [1.82, 2.24) is 4.98 Å². The monoisotopic (exact) mass is 307 g/mol. The molecule has 0 N–H and O–H groups in total. The molecular formula is C17H13N3O3. The van der Waals surface area contributed by atoms with E-state index in [4.69, 9.17) is 4.84 Å². The Balaban J connectivity index is 1.71. The average molecular weight is 307 g/mol. The second kappa shape index (κ2) is 5.01. The minimum absolute atomic E-state index is 0.316. The number of anilines is 1. The summed E-state index contributed by atoms with van der Waals surface area (Å²) in [7, 11) is 0. The highest BCUT2D eigenvalue weighted by Gasteiger charge is 2.56. The SMILES string of the molecule is Cc1ccc(N2C(=O)[C@H]3C(c4cccnc4)=NO[C@H]3C2=O)cc1. The van der Waals surface area contributed by atoms with Crippen LogP contribution in [0.4, 0.5) is 5.69 Å². The van der Waals surface area contributed by atoms with Gasteiger partial charge in [0.1, 0.15) is 11.6 Å². The first-order chi connectivity index (χ1) is 11.2. The van der Waals surface area contributed by atoms with Crippen LogP contribution in [-0.2, 0) is 14.4 Å². The van der Waals surface area contributed by atoms with Crippen LogP contribution in [0, 0.1) is 12.8 Å². The maximum atomic E-state index is 12.8. The number of pyridine rings is 1. The second-order valence-corrected chi connectivity index (χ2v) is 5.57. The fraction of sp³-hybridized carbons (Fsp3) is 0.176. The zero-order chi connectivity index (χ0) is 16.0. The number of hydrogen-bond acceptors (Lipinski definition) is 5. The molecule has 1 aromatic carbocycles. The number of hydrogen-bond donors (Lipinski definition) is 0. The van der Waals surface area contributed by atoms with E-state index in [-0.39, 0.29) is 11.8 Å². The van der Waals surface area contributed by atoms with Gasteiger partial charge in [-0.05, 0) is 31.2 Å². The third-order valence-corrected chi connectivity index (χ3v) is 4.06. The van der Waals surface area contributed by atoms with Crippen LogP contribution < -0.4 is 4.90 Å². The van der Waals surface area contributed by atoms with Gasteiger partial charge in [-0.15, -0.1) is 0 Å². The lowest BCUT2D eigenvalue weighted by atomic mass is 9.95. The average Bonchev–Trinajstić information content (AvgIpc) is 3.11. The summed E-state index contributed by atoms with van der Waals surface area (Å²) in [5, 5.41) is 3.94. The van der Waals surface area contributed by atoms with Crippen LogP contribution in [0.3, 0.4) is 0 Å². The van der Waals surface area contributed by atoms with Gasteiger partial charge in [0.2, 0.25) is 12.0 Å². The molecule has 0 aliphatic carbocycles. The molecule has 0 saturated carbocycles. The molecule has 2 aliphatic heterocycles. The smallest absolute Gasteiger partial charge is 0.278 e. The lowest BCUT2D eigenvalue weighted by Gasteiger charge is -2.15. The van der Waals surface area contributed by atoms with Gasteiger partial charge in [-0.3, -0.25) is 14.6 Å². The topological polar surface area (TPSA) is 71.9 Å². The fourth-order valence-electron chi connectivity index (χ4n) is 2.88. The van der Waals surface area contributed by atoms with Gasteiger partial charge in [-0.2, -0.15) is 0 Å². The minimum Gasteiger partial charge on any atom is -0.381 e. The molecule has 114 valence electrons. The minimum atomic E-state index is -0.890. The predicted octanol–water partition coefficient (Wildman–Crippen LogP) is 1.68. The van der Waals surface area contributed by atoms with Gasteiger partial charge >= 0.3 is 0 Å². The van der Waals surface area contributed by atoms with Crippen LogP contribution in [0.15, 0.2) is 53.9 Å². The Morgan fingerprint density at radius 3 is 2.57 bits per heavy atom. The van der Waals surface area contributed by atoms with Crippen molar-refractivity contribution in [2.45, 2.75) is 13.0 Å². The lowest BCUT2D eigenvalue weighted by molar-refractivity contribution is -0.126. The molecule has 1 fully saturated rings. The van der Waals surface area contributed by atoms with Gasteiger partial charge in [0.25, 0.3) is 5.91 Å². The Kier molecular flexibility index (Phi) is 2.97. The fourth-order valence-corrected chi connectivity index (χ4v) is 2.88. The number of fused-ring (bicyclic) bond motifs is 1. The normalized spacial score (nSPS) is 22.8. The van der Waals surface area contributed by atoms with Gasteiger partial charge in [-0.25, -0.2) is 4.90 Å². The largest absolute Gasteiger partial charge is 0.381 e. The van der Waals surface area contributed by atoms with E-state index in [0.717, 1.165) is 5.56 Å². The predicted molar refractivity (Wildman–Crippen MR) is 82.8 cm³/mol. The van der Waals surface area contributed by atoms with Crippen molar-refractivity contribution in [3.8, 4) is 0 Å². The number of carbonyl (C=O) groups is 2. The third-order valence-electron chi connectivity index (χ3n) is 4.06. The van der Waals surface area contributed by atoms with E-state index in [2.05, 4.69) is 10.1 Å². The van der Waals surface area contributed by atoms with E-state index in [1.54, 1.807) is 36.7 Å². The molecule has 0 spiro atoms. The van der Waals surface area contributed by atoms with E-state index in [1.807, 2.05) is 19.1 Å². The molecule has 2 atom stereocenters. The number of carbonyl (C=O) groups excluding carboxylic acids is 2. The number of rotatable bonds is 2. The molecular weight excluding hydrogens is 294 g/mol. The molecule has 23 heavy (non-hydrogen) atoms. The van der Waals surface area contributed by atoms with Crippen LogP contribution >= 0.6 is 0 Å². The number of nitrogens with zero attached hydrogens (tertiary/aromatic N) is 3. The number of aryl methyl sites for hydroxylation is 1. The maximum absolute atomic E-state index is 12.8. The molecule has 2 amide bonds. The van der Waals surface area contributed by atoms with Crippen molar-refractivity contribution in [1.29, 1.82) is 0 Å². The Labute approximate surface area is 132 Å². The number of amides is 2. The van der Waals surface area contributed by atoms with Crippen molar-refractivity contribution in [3.05, 3.63) is 59.9 Å². The molecule has 0 unspecified atom stereocenters. The summed E-state index contributed by atoms with van der Waals surface area (Å²) in [5.41, 5.74) is 2.75. The molecule has 1 aromatic heterocycles. The summed E-state index contributed by atoms with van der Waals surface area (Å²) in [5.74, 6) is -1.41. The summed E-state index contributed by atoms with van der Waals surface area (Å²) in [4.78, 5) is 35.8. The zero-order valence-corrected chi connectivity index (χ0v) is 12.3. The van der Waals surface area contributed by atoms with Crippen molar-refractivity contribution < 1.29 is 14.4 Å². The Morgan fingerprint density at radius 1 is 1.09 bits per heavy atom. The van der Waals surface area contributed by atoms with Crippen molar-refractivity contribution in [2.75, 3.05) is 4.90 Å². The van der Waals surface area contributed by atoms with Gasteiger partial charge < -0.3 is 4.84 Å². The molecule has 2 aromatic rings. The first-order valence-electron chi connectivity index (χ1n) is 7.25. The van der Waals surface area contributed by atoms with Crippen LogP contribution in [0.2, 0.25) is 0 Å². The van der Waals surface area contributed by atoms with Crippen LogP contribution in [-0.4, -0.2) is 28.6 Å². The first-order valence-corrected chi connectivity index (χ1v) is 7.25. The van der Waals surface area contributed by atoms with E-state index in [0.29, 0.717) is 17.0 Å². The number of imide groups is 1. The molecule has 3 heterocycles. The lowest BCUT2D eigenvalue weighted by Crippen LogP contribution is -2.33. The number of benzene rings is 1. The van der Waals surface area contributed by atoms with Crippen LogP contribution in [0.25, 0.3) is 0 Å². The highest BCUT2D eigenvalue weighted by atomic mass is 16.6. The quantitative estimate of drug-likeness (QED) is 0.791. The number of oxime groups is 1. The summed E-state index contributed by atoms with van der Waals surface area (Å²) >= 11 is 0. The molecule has 6 nitrogen and oxygen atoms in total. The second-order valence-electron chi connectivity index (χ2n) is 5.57. The summed E-state index contributed by atoms with van der Waals surface area (Å²) < 4.78 is 0. The molecule has 2 aliphatic rings. The third kappa shape index (κ3) is 2.03. The summed E-state index contributed by atoms with van der Waals surface area (Å²) in [6.07, 6.45) is 2.35. The summed E-state index contributed by atoms with van der Waals surface area (Å²) in [6.45, 7) is 1.95. The zero-order valence-electron chi connectivity index (χ0n) is 12.3. The standard InChI is InChI=1S/C17H13N3O3/c1-10-4-6-12(7-5-10)20-16(21)13-14(11-3-2-8-18-9-11)19-23-15(13)17(20)22/h2-9,13,15H,1H3/t13-,15+/m0/s1. The first kappa shape index (κ1) is 13.6. The van der Waals surface area contributed by atoms with E-state index >= 15 is 0 Å². The van der Waals surface area contributed by atoms with Gasteiger partial charge in [0, 0.05) is 18.0 Å². The Morgan fingerprint density at radius 2 is 1.87 bits per heavy atom. The van der Waals surface area contributed by atoms with Gasteiger partial charge in [-0.1, -0.05) is 22.9 Å². The molecule has 4 rings (SSSR count). The van der Waals surface area contributed by atoms with Gasteiger partial charge in [0.05, 0.1) is 5.69 Å². The number of aromatic nitrogens is 1. The van der Waals surface area contributed by atoms with E-state index < -0.39 is 12.0 Å². The van der Waals surface area contributed by atoms with Crippen LogP contribution in [0.1, 0.15) is 11.1 Å². The van der Waals surface area contributed by atoms with E-state index in [1.165, 1.54) is 4.90 Å². The van der Waals surface area contributed by atoms with Gasteiger partial charge in [0.15, 0.2) is 0 Å². The van der Waals surface area contributed by atoms with Crippen molar-refractivity contribution in [3.63, 3.8) is 0 Å². The van der Waals surface area contributed by atoms with Crippen LogP contribution in [0.5, 0.6) is 0 Å². The molecule has 1 saturated heterocycles. The highest BCUT2D eigenvalue weighted by molar-refractivity contribution is 6.32.